The summed E-state index contributed by atoms with van der Waals surface area (Å²) in [5, 5.41) is 1.82. The Kier molecular flexibility index (Phi) is 7.99. The van der Waals surface area contributed by atoms with Crippen LogP contribution in [-0.4, -0.2) is 73.5 Å². The number of benzene rings is 2. The van der Waals surface area contributed by atoms with Gasteiger partial charge < -0.3 is 19.2 Å². The first-order valence-electron chi connectivity index (χ1n) is 12.9. The monoisotopic (exact) mass is 511 g/mol. The standard InChI is InChI=1S/C28H34ClN3O4/c1-2-15-36-28(33)32-12-10-23-24-19-21(29)6-9-25(24)30-26(23)27(32)20-4-7-22(8-5-20)35-16-3-11-31-13-17-34-18-14-31/h4-9,19,27,30H,2-3,10-18H2,1H3. The zero-order valence-electron chi connectivity index (χ0n) is 20.8. The predicted molar refractivity (Wildman–Crippen MR) is 141 cm³/mol. The number of halogens is 1. The molecule has 1 atom stereocenters. The average molecular weight is 512 g/mol. The Labute approximate surface area is 217 Å². The Morgan fingerprint density at radius 2 is 1.92 bits per heavy atom. The predicted octanol–water partition coefficient (Wildman–Crippen LogP) is 5.42. The van der Waals surface area contributed by atoms with Gasteiger partial charge in [-0.2, -0.15) is 0 Å². The fourth-order valence-corrected chi connectivity index (χ4v) is 5.30. The lowest BCUT2D eigenvalue weighted by molar-refractivity contribution is 0.0358. The van der Waals surface area contributed by atoms with Crippen molar-refractivity contribution in [1.29, 1.82) is 0 Å². The summed E-state index contributed by atoms with van der Waals surface area (Å²) < 4.78 is 17.0. The molecule has 2 aromatic carbocycles. The van der Waals surface area contributed by atoms with Crippen LogP contribution in [0.25, 0.3) is 10.9 Å². The molecule has 3 heterocycles. The number of rotatable bonds is 8. The first kappa shape index (κ1) is 24.9. The van der Waals surface area contributed by atoms with Gasteiger partial charge in [0.1, 0.15) is 11.8 Å². The van der Waals surface area contributed by atoms with Crippen LogP contribution in [-0.2, 0) is 15.9 Å². The normalized spacial score (nSPS) is 18.3. The number of amides is 1. The zero-order chi connectivity index (χ0) is 24.9. The van der Waals surface area contributed by atoms with Gasteiger partial charge in [0.2, 0.25) is 0 Å². The van der Waals surface area contributed by atoms with E-state index in [1.165, 1.54) is 5.56 Å². The van der Waals surface area contributed by atoms with Crippen molar-refractivity contribution in [2.24, 2.45) is 0 Å². The average Bonchev–Trinajstić information content (AvgIpc) is 3.28. The summed E-state index contributed by atoms with van der Waals surface area (Å²) in [6.45, 7) is 8.31. The minimum Gasteiger partial charge on any atom is -0.494 e. The van der Waals surface area contributed by atoms with Gasteiger partial charge in [-0.05, 0) is 60.7 Å². The van der Waals surface area contributed by atoms with E-state index in [1.54, 1.807) is 0 Å². The van der Waals surface area contributed by atoms with Crippen LogP contribution in [0.2, 0.25) is 5.02 Å². The summed E-state index contributed by atoms with van der Waals surface area (Å²) in [7, 11) is 0. The van der Waals surface area contributed by atoms with Gasteiger partial charge in [0.15, 0.2) is 0 Å². The van der Waals surface area contributed by atoms with Crippen LogP contribution in [0.15, 0.2) is 42.5 Å². The van der Waals surface area contributed by atoms with Crippen molar-refractivity contribution >= 4 is 28.6 Å². The van der Waals surface area contributed by atoms with Crippen molar-refractivity contribution in [1.82, 2.24) is 14.8 Å². The number of hydrogen-bond donors (Lipinski definition) is 1. The number of carbonyl (C=O) groups excluding carboxylic acids is 1. The number of carbonyl (C=O) groups is 1. The van der Waals surface area contributed by atoms with Crippen molar-refractivity contribution in [2.45, 2.75) is 32.2 Å². The number of nitrogens with zero attached hydrogens (tertiary/aromatic N) is 2. The Bertz CT molecular complexity index is 1170. The van der Waals surface area contributed by atoms with Gasteiger partial charge in [0.05, 0.1) is 26.4 Å². The van der Waals surface area contributed by atoms with E-state index in [-0.39, 0.29) is 12.1 Å². The lowest BCUT2D eigenvalue weighted by atomic mass is 9.92. The summed E-state index contributed by atoms with van der Waals surface area (Å²) in [6.07, 6.45) is 2.23. The van der Waals surface area contributed by atoms with E-state index in [4.69, 9.17) is 25.8 Å². The molecule has 2 aliphatic heterocycles. The van der Waals surface area contributed by atoms with Gasteiger partial charge in [-0.25, -0.2) is 4.79 Å². The number of nitrogens with one attached hydrogen (secondary N) is 1. The largest absolute Gasteiger partial charge is 0.494 e. The third-order valence-electron chi connectivity index (χ3n) is 6.94. The Morgan fingerprint density at radius 1 is 1.11 bits per heavy atom. The number of morpholine rings is 1. The first-order valence-corrected chi connectivity index (χ1v) is 13.3. The van der Waals surface area contributed by atoms with Gasteiger partial charge in [-0.15, -0.1) is 0 Å². The number of aromatic amines is 1. The van der Waals surface area contributed by atoms with Crippen molar-refractivity contribution in [2.75, 3.05) is 52.6 Å². The highest BCUT2D eigenvalue weighted by Crippen LogP contribution is 2.39. The second kappa shape index (κ2) is 11.5. The number of ether oxygens (including phenoxy) is 3. The van der Waals surface area contributed by atoms with Crippen LogP contribution in [0, 0.1) is 0 Å². The zero-order valence-corrected chi connectivity index (χ0v) is 21.6. The van der Waals surface area contributed by atoms with Crippen molar-refractivity contribution in [3.8, 4) is 5.75 Å². The maximum Gasteiger partial charge on any atom is 0.410 e. The summed E-state index contributed by atoms with van der Waals surface area (Å²) in [4.78, 5) is 20.8. The molecule has 192 valence electrons. The molecule has 1 saturated heterocycles. The minimum absolute atomic E-state index is 0.264. The quantitative estimate of drug-likeness (QED) is 0.409. The fraction of sp³-hybridized carbons (Fsp3) is 0.464. The fourth-order valence-electron chi connectivity index (χ4n) is 5.13. The number of hydrogen-bond acceptors (Lipinski definition) is 5. The smallest absolute Gasteiger partial charge is 0.410 e. The molecule has 1 N–H and O–H groups in total. The van der Waals surface area contributed by atoms with E-state index in [9.17, 15) is 4.79 Å². The lowest BCUT2D eigenvalue weighted by Gasteiger charge is -2.35. The number of aromatic nitrogens is 1. The molecule has 0 aliphatic carbocycles. The number of fused-ring (bicyclic) bond motifs is 3. The molecule has 1 unspecified atom stereocenters. The third kappa shape index (κ3) is 5.48. The van der Waals surface area contributed by atoms with Gasteiger partial charge in [0, 0.05) is 47.8 Å². The Morgan fingerprint density at radius 3 is 2.69 bits per heavy atom. The molecule has 5 rings (SSSR count). The van der Waals surface area contributed by atoms with Gasteiger partial charge in [0.25, 0.3) is 0 Å². The molecule has 3 aromatic rings. The SMILES string of the molecule is CCCOC(=O)N1CCc2c([nH]c3ccc(Cl)cc23)C1c1ccc(OCCCN2CCOCC2)cc1. The van der Waals surface area contributed by atoms with Crippen LogP contribution < -0.4 is 4.74 Å². The van der Waals surface area contributed by atoms with Crippen LogP contribution in [0.4, 0.5) is 4.79 Å². The lowest BCUT2D eigenvalue weighted by Crippen LogP contribution is -2.41. The topological polar surface area (TPSA) is 67.0 Å². The van der Waals surface area contributed by atoms with E-state index in [2.05, 4.69) is 22.0 Å². The van der Waals surface area contributed by atoms with E-state index >= 15 is 0 Å². The molecule has 7 nitrogen and oxygen atoms in total. The molecule has 1 aromatic heterocycles. The van der Waals surface area contributed by atoms with Crippen LogP contribution in [0.5, 0.6) is 5.75 Å². The van der Waals surface area contributed by atoms with Crippen LogP contribution in [0.3, 0.4) is 0 Å². The minimum atomic E-state index is -0.285. The maximum atomic E-state index is 13.0. The molecule has 36 heavy (non-hydrogen) atoms. The van der Waals surface area contributed by atoms with Crippen LogP contribution >= 0.6 is 11.6 Å². The van der Waals surface area contributed by atoms with E-state index in [0.29, 0.717) is 24.8 Å². The molecule has 8 heteroatoms. The summed E-state index contributed by atoms with van der Waals surface area (Å²) >= 11 is 6.30. The van der Waals surface area contributed by atoms with Crippen molar-refractivity contribution in [3.63, 3.8) is 0 Å². The molecule has 0 bridgehead atoms. The third-order valence-corrected chi connectivity index (χ3v) is 7.18. The van der Waals surface area contributed by atoms with E-state index < -0.39 is 0 Å². The Hall–Kier alpha value is -2.74. The second-order valence-electron chi connectivity index (χ2n) is 9.39. The molecule has 0 radical (unpaired) electrons. The highest BCUT2D eigenvalue weighted by atomic mass is 35.5. The van der Waals surface area contributed by atoms with Crippen LogP contribution in [0.1, 0.15) is 42.6 Å². The molecule has 2 aliphatic rings. The molecule has 0 spiro atoms. The number of H-pyrrole nitrogens is 1. The van der Waals surface area contributed by atoms with Gasteiger partial charge in [-0.3, -0.25) is 9.80 Å². The van der Waals surface area contributed by atoms with Crippen molar-refractivity contribution in [3.05, 3.63) is 64.3 Å². The van der Waals surface area contributed by atoms with Gasteiger partial charge in [-0.1, -0.05) is 30.7 Å². The molecular formula is C28H34ClN3O4. The summed E-state index contributed by atoms with van der Waals surface area (Å²) in [5.41, 5.74) is 4.27. The summed E-state index contributed by atoms with van der Waals surface area (Å²) in [5.74, 6) is 0.834. The highest BCUT2D eigenvalue weighted by Gasteiger charge is 2.35. The maximum absolute atomic E-state index is 13.0. The summed E-state index contributed by atoms with van der Waals surface area (Å²) in [6, 6.07) is 13.7. The highest BCUT2D eigenvalue weighted by molar-refractivity contribution is 6.31. The van der Waals surface area contributed by atoms with E-state index in [1.807, 2.05) is 42.2 Å². The Balaban J connectivity index is 1.33. The van der Waals surface area contributed by atoms with Gasteiger partial charge >= 0.3 is 6.09 Å². The molecular weight excluding hydrogens is 478 g/mol. The molecule has 1 fully saturated rings. The van der Waals surface area contributed by atoms with E-state index in [0.717, 1.165) is 80.0 Å². The first-order chi connectivity index (χ1) is 17.6. The van der Waals surface area contributed by atoms with Crippen molar-refractivity contribution < 1.29 is 19.0 Å². The molecule has 0 saturated carbocycles. The molecule has 1 amide bonds. The second-order valence-corrected chi connectivity index (χ2v) is 9.83.